The van der Waals surface area contributed by atoms with Crippen LogP contribution in [0.3, 0.4) is 0 Å². The molecule has 0 bridgehead atoms. The van der Waals surface area contributed by atoms with E-state index in [1.165, 1.54) is 6.21 Å². The molecule has 0 fully saturated rings. The first-order valence-electron chi connectivity index (χ1n) is 9.44. The molecule has 0 heterocycles. The van der Waals surface area contributed by atoms with Crippen molar-refractivity contribution in [2.24, 2.45) is 5.10 Å². The summed E-state index contributed by atoms with van der Waals surface area (Å²) in [5.74, 6) is -1.26. The van der Waals surface area contributed by atoms with E-state index in [0.717, 1.165) is 5.56 Å². The summed E-state index contributed by atoms with van der Waals surface area (Å²) in [5, 5.41) is 7.76. The van der Waals surface area contributed by atoms with Gasteiger partial charge in [-0.25, -0.2) is 5.43 Å². The predicted octanol–water partition coefficient (Wildman–Crippen LogP) is 4.99. The quantitative estimate of drug-likeness (QED) is 0.278. The van der Waals surface area contributed by atoms with Gasteiger partial charge in [0.1, 0.15) is 12.4 Å². The first-order chi connectivity index (χ1) is 15.4. The van der Waals surface area contributed by atoms with Gasteiger partial charge in [-0.2, -0.15) is 5.10 Å². The Bertz CT molecular complexity index is 1120. The highest BCUT2D eigenvalue weighted by atomic mass is 35.5. The van der Waals surface area contributed by atoms with E-state index < -0.39 is 11.8 Å². The number of hydrazone groups is 1. The summed E-state index contributed by atoms with van der Waals surface area (Å²) < 4.78 is 5.82. The Balaban J connectivity index is 1.60. The highest BCUT2D eigenvalue weighted by Crippen LogP contribution is 2.27. The molecule has 0 aromatic heterocycles. The van der Waals surface area contributed by atoms with E-state index in [4.69, 9.17) is 39.5 Å². The molecule has 0 aliphatic rings. The summed E-state index contributed by atoms with van der Waals surface area (Å²) in [4.78, 5) is 23.9. The summed E-state index contributed by atoms with van der Waals surface area (Å²) in [7, 11) is 0. The number of ether oxygens (including phenoxy) is 1. The Morgan fingerprint density at radius 1 is 0.906 bits per heavy atom. The van der Waals surface area contributed by atoms with E-state index in [9.17, 15) is 9.59 Å². The van der Waals surface area contributed by atoms with Crippen molar-refractivity contribution in [2.75, 3.05) is 0 Å². The Hall–Kier alpha value is -3.06. The van der Waals surface area contributed by atoms with E-state index in [-0.39, 0.29) is 13.2 Å². The van der Waals surface area contributed by atoms with Crippen molar-refractivity contribution in [3.8, 4) is 5.75 Å². The molecule has 0 unspecified atom stereocenters. The van der Waals surface area contributed by atoms with Crippen LogP contribution in [0.4, 0.5) is 0 Å². The van der Waals surface area contributed by atoms with E-state index in [1.807, 2.05) is 30.3 Å². The van der Waals surface area contributed by atoms with Gasteiger partial charge in [0.2, 0.25) is 0 Å². The fourth-order valence-electron chi connectivity index (χ4n) is 2.64. The minimum atomic E-state index is -0.899. The molecule has 0 atom stereocenters. The van der Waals surface area contributed by atoms with Crippen LogP contribution in [0.5, 0.6) is 5.75 Å². The van der Waals surface area contributed by atoms with Crippen molar-refractivity contribution in [1.29, 1.82) is 0 Å². The molecule has 3 aromatic carbocycles. The van der Waals surface area contributed by atoms with Gasteiger partial charge in [-0.15, -0.1) is 0 Å². The first kappa shape index (κ1) is 23.6. The number of rotatable bonds is 7. The van der Waals surface area contributed by atoms with Gasteiger partial charge in [0.15, 0.2) is 0 Å². The average molecular weight is 491 g/mol. The van der Waals surface area contributed by atoms with Crippen LogP contribution in [0, 0.1) is 0 Å². The van der Waals surface area contributed by atoms with E-state index in [2.05, 4.69) is 15.8 Å². The lowest BCUT2D eigenvalue weighted by Gasteiger charge is -2.12. The maximum Gasteiger partial charge on any atom is 0.329 e. The van der Waals surface area contributed by atoms with Gasteiger partial charge in [-0.1, -0.05) is 71.2 Å². The van der Waals surface area contributed by atoms with Gasteiger partial charge in [-0.3, -0.25) is 9.59 Å². The van der Waals surface area contributed by atoms with Crippen LogP contribution >= 0.6 is 34.8 Å². The van der Waals surface area contributed by atoms with Gasteiger partial charge >= 0.3 is 11.8 Å². The van der Waals surface area contributed by atoms with Crippen LogP contribution in [-0.2, 0) is 22.7 Å². The highest BCUT2D eigenvalue weighted by Gasteiger charge is 2.12. The number of benzene rings is 3. The maximum absolute atomic E-state index is 12.0. The molecule has 0 aliphatic carbocycles. The largest absolute Gasteiger partial charge is 0.488 e. The average Bonchev–Trinajstić information content (AvgIpc) is 2.79. The first-order valence-corrected chi connectivity index (χ1v) is 10.6. The number of nitrogens with one attached hydrogen (secondary N) is 2. The second kappa shape index (κ2) is 11.5. The molecule has 0 aliphatic heterocycles. The number of hydrogen-bond acceptors (Lipinski definition) is 4. The van der Waals surface area contributed by atoms with E-state index >= 15 is 0 Å². The molecule has 0 saturated carbocycles. The molecule has 3 aromatic rings. The van der Waals surface area contributed by atoms with Gasteiger partial charge in [0.05, 0.1) is 6.21 Å². The molecule has 2 N–H and O–H groups in total. The fraction of sp³-hybridized carbons (Fsp3) is 0.0870. The lowest BCUT2D eigenvalue weighted by molar-refractivity contribution is -0.139. The lowest BCUT2D eigenvalue weighted by Crippen LogP contribution is -2.37. The molecule has 164 valence electrons. The number of nitrogens with zero attached hydrogens (tertiary/aromatic N) is 1. The highest BCUT2D eigenvalue weighted by molar-refractivity contribution is 6.36. The number of halogens is 3. The Morgan fingerprint density at radius 3 is 2.34 bits per heavy atom. The number of amides is 2. The predicted molar refractivity (Wildman–Crippen MR) is 126 cm³/mol. The number of hydrogen-bond donors (Lipinski definition) is 2. The van der Waals surface area contributed by atoms with Crippen molar-refractivity contribution in [2.45, 2.75) is 13.2 Å². The summed E-state index contributed by atoms with van der Waals surface area (Å²) >= 11 is 18.4. The van der Waals surface area contributed by atoms with Gasteiger partial charge in [-0.05, 0) is 35.9 Å². The summed E-state index contributed by atoms with van der Waals surface area (Å²) in [6, 6.07) is 19.3. The molecular weight excluding hydrogens is 473 g/mol. The third-order valence-corrected chi connectivity index (χ3v) is 5.22. The number of carbonyl (C=O) groups excluding carboxylic acids is 2. The number of carbonyl (C=O) groups is 2. The van der Waals surface area contributed by atoms with Crippen LogP contribution in [0.2, 0.25) is 15.1 Å². The lowest BCUT2D eigenvalue weighted by atomic mass is 10.2. The van der Waals surface area contributed by atoms with Gasteiger partial charge in [0, 0.05) is 32.7 Å². The third kappa shape index (κ3) is 6.72. The molecule has 3 rings (SSSR count). The standard InChI is InChI=1S/C23H18Cl3N3O3/c24-17-9-10-21(32-14-18-19(25)7-4-8-20(18)26)16(11-17)13-28-29-23(31)22(30)27-12-15-5-2-1-3-6-15/h1-11,13H,12,14H2,(H,27,30)(H,29,31)/b28-13-. The minimum absolute atomic E-state index is 0.120. The Morgan fingerprint density at radius 2 is 1.62 bits per heavy atom. The van der Waals surface area contributed by atoms with Crippen molar-refractivity contribution < 1.29 is 14.3 Å². The second-order valence-corrected chi connectivity index (χ2v) is 7.79. The fourth-order valence-corrected chi connectivity index (χ4v) is 3.33. The van der Waals surface area contributed by atoms with Crippen molar-refractivity contribution in [3.05, 3.63) is 98.5 Å². The van der Waals surface area contributed by atoms with E-state index in [1.54, 1.807) is 36.4 Å². The zero-order valence-electron chi connectivity index (χ0n) is 16.6. The minimum Gasteiger partial charge on any atom is -0.488 e. The molecule has 32 heavy (non-hydrogen) atoms. The Labute approximate surface area is 200 Å². The summed E-state index contributed by atoms with van der Waals surface area (Å²) in [6.45, 7) is 0.350. The molecular formula is C23H18Cl3N3O3. The third-order valence-electron chi connectivity index (χ3n) is 4.28. The molecule has 0 radical (unpaired) electrons. The SMILES string of the molecule is O=C(NCc1ccccc1)C(=O)N/N=C\c1cc(Cl)ccc1OCc1c(Cl)cccc1Cl. The normalized spacial score (nSPS) is 10.7. The smallest absolute Gasteiger partial charge is 0.329 e. The van der Waals surface area contributed by atoms with E-state index in [0.29, 0.717) is 31.9 Å². The molecule has 0 saturated heterocycles. The van der Waals surface area contributed by atoms with Crippen LogP contribution in [0.1, 0.15) is 16.7 Å². The van der Waals surface area contributed by atoms with Crippen LogP contribution in [0.15, 0.2) is 71.8 Å². The summed E-state index contributed by atoms with van der Waals surface area (Å²) in [6.07, 6.45) is 1.33. The topological polar surface area (TPSA) is 79.8 Å². The monoisotopic (exact) mass is 489 g/mol. The van der Waals surface area contributed by atoms with Gasteiger partial charge < -0.3 is 10.1 Å². The van der Waals surface area contributed by atoms with Crippen molar-refractivity contribution in [1.82, 2.24) is 10.7 Å². The molecule has 2 amide bonds. The van der Waals surface area contributed by atoms with Crippen LogP contribution in [0.25, 0.3) is 0 Å². The molecule has 0 spiro atoms. The summed E-state index contributed by atoms with van der Waals surface area (Å²) in [5.41, 5.74) is 4.18. The van der Waals surface area contributed by atoms with Crippen LogP contribution in [-0.4, -0.2) is 18.0 Å². The maximum atomic E-state index is 12.0. The molecule has 9 heteroatoms. The van der Waals surface area contributed by atoms with Crippen molar-refractivity contribution >= 4 is 52.8 Å². The zero-order chi connectivity index (χ0) is 22.9. The zero-order valence-corrected chi connectivity index (χ0v) is 18.9. The van der Waals surface area contributed by atoms with Crippen LogP contribution < -0.4 is 15.5 Å². The van der Waals surface area contributed by atoms with Crippen molar-refractivity contribution in [3.63, 3.8) is 0 Å². The Kier molecular flexibility index (Phi) is 8.50. The second-order valence-electron chi connectivity index (χ2n) is 6.54. The van der Waals surface area contributed by atoms with Gasteiger partial charge in [0.25, 0.3) is 0 Å². The molecule has 6 nitrogen and oxygen atoms in total.